The number of Topliss-reactive ketones (excluding diaryl/α,β-unsaturated/α-hetero) is 1. The molecule has 0 amide bonds. The normalized spacial score (nSPS) is 11.5. The van der Waals surface area contributed by atoms with Crippen LogP contribution in [0, 0.1) is 116 Å². The molecule has 320 valence electrons. The molecule has 0 fully saturated rings. The number of pyridine rings is 1. The van der Waals surface area contributed by atoms with E-state index in [0.29, 0.717) is 6.54 Å². The summed E-state index contributed by atoms with van der Waals surface area (Å²) in [7, 11) is 0. The Morgan fingerprint density at radius 3 is 0.885 bits per heavy atom. The third-order valence-electron chi connectivity index (χ3n) is 8.98. The zero-order chi connectivity index (χ0) is 45.7. The van der Waals surface area contributed by atoms with Gasteiger partial charge in [0.15, 0.2) is 82.2 Å². The molecule has 1 heterocycles. The van der Waals surface area contributed by atoms with Crippen molar-refractivity contribution in [3.05, 3.63) is 181 Å². The lowest BCUT2D eigenvalue weighted by Crippen LogP contribution is -2.81. The smallest absolute Gasteiger partial charge is 0.228 e. The van der Waals surface area contributed by atoms with Crippen molar-refractivity contribution in [2.45, 2.75) is 6.54 Å². The summed E-state index contributed by atoms with van der Waals surface area (Å²) in [5.74, 6) is -71.3. The Bertz CT molecular complexity index is 2390. The highest BCUT2D eigenvalue weighted by molar-refractivity contribution is 9.10. The summed E-state index contributed by atoms with van der Waals surface area (Å²) in [6.45, 7) is 0.365. The fourth-order valence-corrected chi connectivity index (χ4v) is 6.86. The van der Waals surface area contributed by atoms with Gasteiger partial charge in [0, 0.05) is 22.2 Å². The second-order valence-electron chi connectivity index (χ2n) is 12.3. The van der Waals surface area contributed by atoms with E-state index in [9.17, 15) is 57.5 Å². The van der Waals surface area contributed by atoms with Gasteiger partial charge in [-0.2, -0.15) is 4.57 Å². The molecule has 0 bridgehead atoms. The molecule has 0 radical (unpaired) electrons. The van der Waals surface area contributed by atoms with E-state index < -0.39 is 144 Å². The first-order chi connectivity index (χ1) is 28.5. The Labute approximate surface area is 334 Å². The van der Waals surface area contributed by atoms with Crippen molar-refractivity contribution in [3.8, 4) is 0 Å². The van der Waals surface area contributed by atoms with Gasteiger partial charge in [-0.25, -0.2) is 87.8 Å². The quantitative estimate of drug-likeness (QED) is 0.0394. The average molecular weight is 956 g/mol. The van der Waals surface area contributed by atoms with Crippen LogP contribution in [0.1, 0.15) is 10.4 Å². The fraction of sp³-hybridized carbons (Fsp3) is 0.0270. The summed E-state index contributed by atoms with van der Waals surface area (Å²) in [5.41, 5.74) is -13.6. The number of aromatic nitrogens is 1. The lowest BCUT2D eigenvalue weighted by Gasteiger charge is -2.44. The highest BCUT2D eigenvalue weighted by Crippen LogP contribution is 2.31. The summed E-state index contributed by atoms with van der Waals surface area (Å²) in [5, 5.41) is 0. The molecule has 61 heavy (non-hydrogen) atoms. The van der Waals surface area contributed by atoms with Crippen LogP contribution in [0.5, 0.6) is 0 Å². The van der Waals surface area contributed by atoms with Gasteiger partial charge >= 0.3 is 0 Å². The van der Waals surface area contributed by atoms with Crippen LogP contribution in [0.15, 0.2) is 59.3 Å². The Kier molecular flexibility index (Phi) is 13.0. The Morgan fingerprint density at radius 1 is 0.377 bits per heavy atom. The van der Waals surface area contributed by atoms with Crippen LogP contribution in [0.2, 0.25) is 0 Å². The molecule has 2 nitrogen and oxygen atoms in total. The zero-order valence-electron chi connectivity index (χ0n) is 28.8. The van der Waals surface area contributed by atoms with Crippen molar-refractivity contribution in [3.63, 3.8) is 0 Å². The van der Waals surface area contributed by atoms with Crippen molar-refractivity contribution >= 4 is 49.7 Å². The minimum absolute atomic E-state index is 0.101. The minimum Gasteiger partial charge on any atom is -0.287 e. The number of ketones is 1. The number of benzene rings is 5. The summed E-state index contributed by atoms with van der Waals surface area (Å²) < 4.78 is 297. The number of nitrogens with zero attached hydrogens (tertiary/aromatic N) is 1. The molecule has 24 heteroatoms. The maximum absolute atomic E-state index is 15.4. The standard InChI is InChI=1S/C24BF20.C13H11BrNO/c26-5-1(6(27)14(35)21(42)13(5)34)25(2-7(28)15(36)22(43)16(37)8(2)29,3-9(30)17(38)23(44)18(39)10(3)31)4-11(32)19(40)24(45)20(41)12(4)33;14-12-7-3-2-6-11(12)13(16)10-15-8-4-1-5-9-15/h;1-9H,10H2/q-1;+1. The van der Waals surface area contributed by atoms with Gasteiger partial charge < -0.3 is 0 Å². The molecule has 0 spiro atoms. The molecular weight excluding hydrogens is 945 g/mol. The number of halogens is 21. The van der Waals surface area contributed by atoms with Gasteiger partial charge in [0.2, 0.25) is 12.3 Å². The SMILES string of the molecule is Fc1c(F)c(F)c([B-](c2c(F)c(F)c(F)c(F)c2F)(c2c(F)c(F)c(F)c(F)c2F)c2c(F)c(F)c(F)c(F)c2F)c(F)c1F.O=C(C[n+]1ccccc1)c1ccccc1Br. The molecule has 0 N–H and O–H groups in total. The van der Waals surface area contributed by atoms with E-state index in [1.165, 1.54) is 0 Å². The topological polar surface area (TPSA) is 20.9 Å². The van der Waals surface area contributed by atoms with Gasteiger partial charge in [0.1, 0.15) is 52.7 Å². The molecule has 0 atom stereocenters. The lowest BCUT2D eigenvalue weighted by atomic mass is 9.12. The monoisotopic (exact) mass is 955 g/mol. The van der Waals surface area contributed by atoms with Crippen LogP contribution in [0.25, 0.3) is 0 Å². The second-order valence-corrected chi connectivity index (χ2v) is 13.1. The van der Waals surface area contributed by atoms with Crippen molar-refractivity contribution in [1.82, 2.24) is 0 Å². The van der Waals surface area contributed by atoms with E-state index in [4.69, 9.17) is 0 Å². The van der Waals surface area contributed by atoms with E-state index in [1.54, 1.807) is 0 Å². The number of carbonyl (C=O) groups excluding carboxylic acids is 1. The number of hydrogen-bond donors (Lipinski definition) is 0. The third-order valence-corrected chi connectivity index (χ3v) is 9.68. The summed E-state index contributed by atoms with van der Waals surface area (Å²) in [6, 6.07) is 13.2. The van der Waals surface area contributed by atoms with E-state index in [2.05, 4.69) is 15.9 Å². The number of carbonyl (C=O) groups is 1. The molecule has 0 saturated heterocycles. The molecule has 1 aromatic heterocycles. The molecule has 0 aliphatic carbocycles. The predicted octanol–water partition coefficient (Wildman–Crippen LogP) is 8.47. The molecule has 6 rings (SSSR count). The van der Waals surface area contributed by atoms with Crippen LogP contribution in [0.4, 0.5) is 87.8 Å². The molecule has 0 aliphatic heterocycles. The highest BCUT2D eigenvalue weighted by Gasteiger charge is 2.52. The first-order valence-corrected chi connectivity index (χ1v) is 16.7. The van der Waals surface area contributed by atoms with E-state index >= 15 is 35.1 Å². The fourth-order valence-electron chi connectivity index (χ4n) is 6.35. The zero-order valence-corrected chi connectivity index (χ0v) is 30.4. The van der Waals surface area contributed by atoms with E-state index in [1.807, 2.05) is 59.4 Å². The van der Waals surface area contributed by atoms with Crippen molar-refractivity contribution in [1.29, 1.82) is 0 Å². The van der Waals surface area contributed by atoms with Crippen molar-refractivity contribution in [2.75, 3.05) is 0 Å². The maximum atomic E-state index is 15.4. The molecule has 0 aliphatic rings. The van der Waals surface area contributed by atoms with Gasteiger partial charge in [-0.1, -0.05) is 40.2 Å². The van der Waals surface area contributed by atoms with Gasteiger partial charge in [-0.3, -0.25) is 4.79 Å². The number of rotatable bonds is 7. The van der Waals surface area contributed by atoms with Crippen LogP contribution in [-0.2, 0) is 6.54 Å². The summed E-state index contributed by atoms with van der Waals surface area (Å²) in [6.07, 6.45) is -3.45. The van der Waals surface area contributed by atoms with Gasteiger partial charge in [0.05, 0.1) is 0 Å². The molecular formula is C37H11BBrF20NO. The first kappa shape index (κ1) is 46.1. The Balaban J connectivity index is 0.000000366. The largest absolute Gasteiger partial charge is 0.287 e. The molecule has 6 aromatic rings. The van der Waals surface area contributed by atoms with Crippen LogP contribution < -0.4 is 26.4 Å². The lowest BCUT2D eigenvalue weighted by molar-refractivity contribution is -0.683. The van der Waals surface area contributed by atoms with Crippen molar-refractivity contribution < 1.29 is 97.2 Å². The minimum atomic E-state index is -7.22. The van der Waals surface area contributed by atoms with Crippen LogP contribution in [-0.4, -0.2) is 11.9 Å². The van der Waals surface area contributed by atoms with Crippen molar-refractivity contribution in [2.24, 2.45) is 0 Å². The van der Waals surface area contributed by atoms with Crippen LogP contribution >= 0.6 is 15.9 Å². The highest BCUT2D eigenvalue weighted by atomic mass is 79.9. The van der Waals surface area contributed by atoms with Crippen LogP contribution in [0.3, 0.4) is 0 Å². The van der Waals surface area contributed by atoms with Gasteiger partial charge in [-0.15, -0.1) is 21.9 Å². The molecule has 0 saturated carbocycles. The third kappa shape index (κ3) is 7.36. The van der Waals surface area contributed by atoms with E-state index in [0.717, 1.165) is 10.0 Å². The summed E-state index contributed by atoms with van der Waals surface area (Å²) >= 11 is 3.38. The first-order valence-electron chi connectivity index (χ1n) is 15.9. The maximum Gasteiger partial charge on any atom is 0.228 e. The molecule has 5 aromatic carbocycles. The predicted molar refractivity (Wildman–Crippen MR) is 174 cm³/mol. The average Bonchev–Trinajstić information content (AvgIpc) is 3.24. The number of hydrogen-bond acceptors (Lipinski definition) is 1. The van der Waals surface area contributed by atoms with Gasteiger partial charge in [-0.05, 0) is 6.07 Å². The second kappa shape index (κ2) is 17.2. The Morgan fingerprint density at radius 2 is 0.623 bits per heavy atom. The molecule has 0 unspecified atom stereocenters. The van der Waals surface area contributed by atoms with E-state index in [-0.39, 0.29) is 5.78 Å². The summed E-state index contributed by atoms with van der Waals surface area (Å²) in [4.78, 5) is 12.0. The van der Waals surface area contributed by atoms with Gasteiger partial charge in [0.25, 0.3) is 0 Å². The Hall–Kier alpha value is -5.94.